The first-order valence-corrected chi connectivity index (χ1v) is 6.96. The van der Waals surface area contributed by atoms with Crippen molar-refractivity contribution < 1.29 is 4.74 Å². The zero-order valence-corrected chi connectivity index (χ0v) is 10.8. The van der Waals surface area contributed by atoms with E-state index in [0.717, 1.165) is 36.7 Å². The van der Waals surface area contributed by atoms with Gasteiger partial charge in [-0.05, 0) is 49.4 Å². The van der Waals surface area contributed by atoms with Crippen molar-refractivity contribution in [1.29, 1.82) is 0 Å². The highest BCUT2D eigenvalue weighted by molar-refractivity contribution is 5.65. The van der Waals surface area contributed by atoms with Crippen molar-refractivity contribution in [3.05, 3.63) is 29.8 Å². The lowest BCUT2D eigenvalue weighted by molar-refractivity contribution is 0.288. The Morgan fingerprint density at radius 2 is 2.21 bits per heavy atom. The number of fused-ring (bicyclic) bond motifs is 1. The fraction of sp³-hybridized carbons (Fsp3) is 0.400. The van der Waals surface area contributed by atoms with Gasteiger partial charge in [-0.2, -0.15) is 5.10 Å². The summed E-state index contributed by atoms with van der Waals surface area (Å²) in [4.78, 5) is 0. The van der Waals surface area contributed by atoms with Crippen LogP contribution in [0.25, 0.3) is 11.3 Å². The van der Waals surface area contributed by atoms with E-state index in [0.29, 0.717) is 6.04 Å². The molecule has 4 rings (SSSR count). The zero-order valence-electron chi connectivity index (χ0n) is 10.8. The van der Waals surface area contributed by atoms with Crippen LogP contribution in [0.2, 0.25) is 0 Å². The Hall–Kier alpha value is -1.97. The van der Waals surface area contributed by atoms with Gasteiger partial charge in [-0.25, -0.2) is 0 Å². The van der Waals surface area contributed by atoms with E-state index >= 15 is 0 Å². The van der Waals surface area contributed by atoms with Crippen LogP contribution in [0.1, 0.15) is 24.8 Å². The number of aromatic amines is 1. The maximum Gasteiger partial charge on any atom is 0.148 e. The van der Waals surface area contributed by atoms with E-state index < -0.39 is 0 Å². The molecule has 2 aliphatic rings. The van der Waals surface area contributed by atoms with Crippen molar-refractivity contribution in [2.45, 2.75) is 31.7 Å². The molecule has 1 aromatic carbocycles. The second-order valence-electron chi connectivity index (χ2n) is 5.36. The molecule has 1 aliphatic carbocycles. The molecule has 2 aromatic rings. The highest BCUT2D eigenvalue weighted by Crippen LogP contribution is 2.31. The minimum Gasteiger partial charge on any atom is -0.493 e. The summed E-state index contributed by atoms with van der Waals surface area (Å²) in [5, 5.41) is 10.8. The predicted octanol–water partition coefficient (Wildman–Crippen LogP) is 2.98. The minimum atomic E-state index is 0.632. The molecule has 4 nitrogen and oxygen atoms in total. The molecule has 0 radical (unpaired) electrons. The Morgan fingerprint density at radius 1 is 1.26 bits per heavy atom. The molecular formula is C15H17N3O. The van der Waals surface area contributed by atoms with E-state index in [1.807, 2.05) is 0 Å². The van der Waals surface area contributed by atoms with Gasteiger partial charge in [0.2, 0.25) is 0 Å². The van der Waals surface area contributed by atoms with Gasteiger partial charge in [-0.1, -0.05) is 0 Å². The lowest BCUT2D eigenvalue weighted by Gasteiger charge is -2.17. The lowest BCUT2D eigenvalue weighted by atomic mass is 10.0. The van der Waals surface area contributed by atoms with Crippen LogP contribution in [0.3, 0.4) is 0 Å². The van der Waals surface area contributed by atoms with E-state index in [4.69, 9.17) is 4.74 Å². The van der Waals surface area contributed by atoms with Crippen LogP contribution in [0.15, 0.2) is 24.3 Å². The number of benzene rings is 1. The Kier molecular flexibility index (Phi) is 2.47. The molecule has 1 fully saturated rings. The summed E-state index contributed by atoms with van der Waals surface area (Å²) in [7, 11) is 0. The van der Waals surface area contributed by atoms with Crippen LogP contribution in [-0.4, -0.2) is 22.8 Å². The highest BCUT2D eigenvalue weighted by atomic mass is 16.5. The number of ether oxygens (including phenoxy) is 1. The van der Waals surface area contributed by atoms with Crippen LogP contribution in [0, 0.1) is 0 Å². The summed E-state index contributed by atoms with van der Waals surface area (Å²) in [6.07, 6.45) is 4.73. The number of hydrogen-bond donors (Lipinski definition) is 2. The van der Waals surface area contributed by atoms with Gasteiger partial charge in [0.1, 0.15) is 11.6 Å². The van der Waals surface area contributed by atoms with Crippen LogP contribution in [-0.2, 0) is 6.42 Å². The molecule has 1 aliphatic heterocycles. The topological polar surface area (TPSA) is 49.9 Å². The third kappa shape index (κ3) is 2.18. The van der Waals surface area contributed by atoms with Crippen molar-refractivity contribution in [3.63, 3.8) is 0 Å². The standard InChI is InChI=1S/C15H17N3O/c1-2-11-8-10(3-6-14(11)19-7-1)13-9-15(18-17-13)16-12-4-5-12/h3,6,8-9,12H,1-2,4-5,7H2,(H2,16,17,18). The molecule has 19 heavy (non-hydrogen) atoms. The Balaban J connectivity index is 1.61. The molecule has 0 unspecified atom stereocenters. The molecule has 1 aromatic heterocycles. The molecule has 1 saturated carbocycles. The summed E-state index contributed by atoms with van der Waals surface area (Å²) < 4.78 is 5.64. The van der Waals surface area contributed by atoms with Gasteiger partial charge in [-0.15, -0.1) is 0 Å². The van der Waals surface area contributed by atoms with Crippen LogP contribution in [0.5, 0.6) is 5.75 Å². The normalized spacial score (nSPS) is 17.7. The number of aromatic nitrogens is 2. The third-order valence-electron chi connectivity index (χ3n) is 3.73. The number of nitrogens with one attached hydrogen (secondary N) is 2. The zero-order chi connectivity index (χ0) is 12.7. The molecule has 0 spiro atoms. The number of hydrogen-bond acceptors (Lipinski definition) is 3. The summed E-state index contributed by atoms with van der Waals surface area (Å²) >= 11 is 0. The van der Waals surface area contributed by atoms with E-state index in [1.54, 1.807) is 0 Å². The number of H-pyrrole nitrogens is 1. The Labute approximate surface area is 112 Å². The van der Waals surface area contributed by atoms with E-state index in [-0.39, 0.29) is 0 Å². The van der Waals surface area contributed by atoms with Crippen LogP contribution in [0.4, 0.5) is 5.82 Å². The Bertz CT molecular complexity index is 601. The molecular weight excluding hydrogens is 238 g/mol. The van der Waals surface area contributed by atoms with Crippen molar-refractivity contribution in [2.75, 3.05) is 11.9 Å². The average Bonchev–Trinajstić information content (AvgIpc) is 3.14. The van der Waals surface area contributed by atoms with Gasteiger partial charge in [0.15, 0.2) is 0 Å². The molecule has 4 heteroatoms. The molecule has 98 valence electrons. The van der Waals surface area contributed by atoms with Gasteiger partial charge in [-0.3, -0.25) is 5.10 Å². The molecule has 0 bridgehead atoms. The van der Waals surface area contributed by atoms with Crippen LogP contribution < -0.4 is 10.1 Å². The van der Waals surface area contributed by atoms with Crippen molar-refractivity contribution in [3.8, 4) is 17.0 Å². The average molecular weight is 255 g/mol. The first kappa shape index (κ1) is 10.9. The maximum absolute atomic E-state index is 5.64. The molecule has 0 saturated heterocycles. The summed E-state index contributed by atoms with van der Waals surface area (Å²) in [5.41, 5.74) is 3.55. The quantitative estimate of drug-likeness (QED) is 0.886. The summed E-state index contributed by atoms with van der Waals surface area (Å²) in [5.74, 6) is 1.98. The minimum absolute atomic E-state index is 0.632. The van der Waals surface area contributed by atoms with Crippen molar-refractivity contribution in [2.24, 2.45) is 0 Å². The predicted molar refractivity (Wildman–Crippen MR) is 74.5 cm³/mol. The second kappa shape index (κ2) is 4.30. The van der Waals surface area contributed by atoms with E-state index in [2.05, 4.69) is 39.8 Å². The number of nitrogens with zero attached hydrogens (tertiary/aromatic N) is 1. The third-order valence-corrected chi connectivity index (χ3v) is 3.73. The highest BCUT2D eigenvalue weighted by Gasteiger charge is 2.22. The van der Waals surface area contributed by atoms with Gasteiger partial charge in [0, 0.05) is 17.7 Å². The Morgan fingerprint density at radius 3 is 3.11 bits per heavy atom. The monoisotopic (exact) mass is 255 g/mol. The largest absolute Gasteiger partial charge is 0.493 e. The fourth-order valence-corrected chi connectivity index (χ4v) is 2.51. The SMILES string of the molecule is c1cc2c(cc1-c1cc(NC3CC3)n[nH]1)CCCO2. The summed E-state index contributed by atoms with van der Waals surface area (Å²) in [6.45, 7) is 0.839. The van der Waals surface area contributed by atoms with Gasteiger partial charge in [0.05, 0.1) is 12.3 Å². The molecule has 0 amide bonds. The van der Waals surface area contributed by atoms with E-state index in [1.165, 1.54) is 24.0 Å². The first-order valence-electron chi connectivity index (χ1n) is 6.96. The molecule has 0 atom stereocenters. The summed E-state index contributed by atoms with van der Waals surface area (Å²) in [6, 6.07) is 9.09. The maximum atomic E-state index is 5.64. The smallest absolute Gasteiger partial charge is 0.148 e. The van der Waals surface area contributed by atoms with Crippen LogP contribution >= 0.6 is 0 Å². The van der Waals surface area contributed by atoms with Gasteiger partial charge < -0.3 is 10.1 Å². The fourth-order valence-electron chi connectivity index (χ4n) is 2.51. The van der Waals surface area contributed by atoms with Crippen molar-refractivity contribution >= 4 is 5.82 Å². The number of rotatable bonds is 3. The van der Waals surface area contributed by atoms with E-state index in [9.17, 15) is 0 Å². The molecule has 2 N–H and O–H groups in total. The molecule has 2 heterocycles. The lowest BCUT2D eigenvalue weighted by Crippen LogP contribution is -2.08. The van der Waals surface area contributed by atoms with Crippen molar-refractivity contribution in [1.82, 2.24) is 10.2 Å². The number of aryl methyl sites for hydroxylation is 1. The van der Waals surface area contributed by atoms with Gasteiger partial charge >= 0.3 is 0 Å². The first-order chi connectivity index (χ1) is 9.38. The van der Waals surface area contributed by atoms with Gasteiger partial charge in [0.25, 0.3) is 0 Å². The number of anilines is 1. The second-order valence-corrected chi connectivity index (χ2v) is 5.36.